The van der Waals surface area contributed by atoms with Gasteiger partial charge in [0.05, 0.1) is 0 Å². The Bertz CT molecular complexity index is 334. The van der Waals surface area contributed by atoms with Gasteiger partial charge in [0.15, 0.2) is 0 Å². The highest BCUT2D eigenvalue weighted by Gasteiger charge is 2.53. The first-order chi connectivity index (χ1) is 8.40. The molecule has 1 heterocycles. The molecule has 3 atom stereocenters. The number of hydrogen-bond acceptors (Lipinski definition) is 2. The second kappa shape index (κ2) is 4.81. The van der Waals surface area contributed by atoms with E-state index in [1.54, 1.807) is 0 Å². The van der Waals surface area contributed by atoms with E-state index in [4.69, 9.17) is 0 Å². The lowest BCUT2D eigenvalue weighted by Crippen LogP contribution is -2.34. The van der Waals surface area contributed by atoms with Crippen LogP contribution >= 0.6 is 0 Å². The molecule has 0 aromatic carbocycles. The van der Waals surface area contributed by atoms with Crippen molar-refractivity contribution in [3.8, 4) is 0 Å². The van der Waals surface area contributed by atoms with Crippen LogP contribution < -0.4 is 5.32 Å². The summed E-state index contributed by atoms with van der Waals surface area (Å²) in [5.74, 6) is 4.09. The number of imidazole rings is 1. The van der Waals surface area contributed by atoms with E-state index >= 15 is 0 Å². The first-order valence-electron chi connectivity index (χ1n) is 7.11. The quantitative estimate of drug-likeness (QED) is 0.819. The maximum Gasteiger partial charge on any atom is 0.107 e. The molecule has 3 heteroatoms. The summed E-state index contributed by atoms with van der Waals surface area (Å²) in [7, 11) is 0. The van der Waals surface area contributed by atoms with Gasteiger partial charge < -0.3 is 10.3 Å². The normalized spacial score (nSPS) is 33.1. The van der Waals surface area contributed by atoms with Crippen molar-refractivity contribution < 1.29 is 0 Å². The summed E-state index contributed by atoms with van der Waals surface area (Å²) in [6.45, 7) is 3.28. The number of rotatable bonds is 5. The van der Waals surface area contributed by atoms with Crippen LogP contribution in [-0.4, -0.2) is 22.6 Å². The maximum absolute atomic E-state index is 4.37. The van der Waals surface area contributed by atoms with E-state index in [0.717, 1.165) is 36.5 Å². The van der Waals surface area contributed by atoms with Crippen molar-refractivity contribution in [2.45, 2.75) is 45.1 Å². The Hall–Kier alpha value is -0.830. The highest BCUT2D eigenvalue weighted by molar-refractivity contribution is 5.07. The van der Waals surface area contributed by atoms with Gasteiger partial charge in [-0.1, -0.05) is 19.8 Å². The van der Waals surface area contributed by atoms with Crippen LogP contribution in [0.4, 0.5) is 0 Å². The number of H-pyrrole nitrogens is 1. The van der Waals surface area contributed by atoms with E-state index in [1.807, 2.05) is 12.4 Å². The third kappa shape index (κ3) is 2.25. The minimum Gasteiger partial charge on any atom is -0.349 e. The highest BCUT2D eigenvalue weighted by atomic mass is 15.0. The summed E-state index contributed by atoms with van der Waals surface area (Å²) in [6.07, 6.45) is 10.7. The fourth-order valence-corrected chi connectivity index (χ4v) is 3.87. The number of hydrogen-bond donors (Lipinski definition) is 2. The van der Waals surface area contributed by atoms with Crippen molar-refractivity contribution in [3.05, 3.63) is 18.2 Å². The average Bonchev–Trinajstić information content (AvgIpc) is 2.85. The molecule has 0 bridgehead atoms. The number of nitrogens with one attached hydrogen (secondary N) is 2. The molecular formula is C14H23N3. The fraction of sp³-hybridized carbons (Fsp3) is 0.786. The third-order valence-electron chi connectivity index (χ3n) is 4.62. The Morgan fingerprint density at radius 2 is 2.18 bits per heavy atom. The number of nitrogens with zero attached hydrogens (tertiary/aromatic N) is 1. The summed E-state index contributed by atoms with van der Waals surface area (Å²) in [5, 5.41) is 3.68. The van der Waals surface area contributed by atoms with Gasteiger partial charge in [0.2, 0.25) is 0 Å². The van der Waals surface area contributed by atoms with E-state index in [-0.39, 0.29) is 0 Å². The molecular weight excluding hydrogens is 210 g/mol. The molecule has 17 heavy (non-hydrogen) atoms. The van der Waals surface area contributed by atoms with Gasteiger partial charge in [-0.05, 0) is 37.1 Å². The van der Waals surface area contributed by atoms with E-state index in [9.17, 15) is 0 Å². The SMILES string of the molecule is CCNC(Cc1ncc[nH]1)C1C2CCCCC21. The lowest BCUT2D eigenvalue weighted by Gasteiger charge is -2.17. The van der Waals surface area contributed by atoms with Crippen molar-refractivity contribution >= 4 is 0 Å². The highest BCUT2D eigenvalue weighted by Crippen LogP contribution is 2.57. The summed E-state index contributed by atoms with van der Waals surface area (Å²) >= 11 is 0. The van der Waals surface area contributed by atoms with Crippen molar-refractivity contribution in [3.63, 3.8) is 0 Å². The Kier molecular flexibility index (Phi) is 3.19. The van der Waals surface area contributed by atoms with Crippen molar-refractivity contribution in [1.82, 2.24) is 15.3 Å². The molecule has 0 saturated heterocycles. The van der Waals surface area contributed by atoms with Crippen LogP contribution in [0.3, 0.4) is 0 Å². The molecule has 0 amide bonds. The molecule has 0 spiro atoms. The topological polar surface area (TPSA) is 40.7 Å². The summed E-state index contributed by atoms with van der Waals surface area (Å²) in [4.78, 5) is 7.61. The van der Waals surface area contributed by atoms with Gasteiger partial charge in [0.25, 0.3) is 0 Å². The van der Waals surface area contributed by atoms with E-state index in [0.29, 0.717) is 6.04 Å². The van der Waals surface area contributed by atoms with Gasteiger partial charge >= 0.3 is 0 Å². The zero-order valence-corrected chi connectivity index (χ0v) is 10.7. The van der Waals surface area contributed by atoms with Gasteiger partial charge in [-0.25, -0.2) is 4.98 Å². The molecule has 1 aromatic rings. The van der Waals surface area contributed by atoms with E-state index in [1.165, 1.54) is 25.7 Å². The Balaban J connectivity index is 1.64. The number of likely N-dealkylation sites (N-methyl/N-ethyl adjacent to an activating group) is 1. The van der Waals surface area contributed by atoms with Crippen LogP contribution in [0.15, 0.2) is 12.4 Å². The largest absolute Gasteiger partial charge is 0.349 e. The molecule has 3 unspecified atom stereocenters. The number of aromatic nitrogens is 2. The number of aromatic amines is 1. The molecule has 2 saturated carbocycles. The number of fused-ring (bicyclic) bond motifs is 1. The van der Waals surface area contributed by atoms with Gasteiger partial charge in [0.1, 0.15) is 5.82 Å². The molecule has 2 fully saturated rings. The summed E-state index contributed by atoms with van der Waals surface area (Å²) in [6, 6.07) is 0.638. The molecule has 2 aliphatic carbocycles. The first kappa shape index (κ1) is 11.3. The lowest BCUT2D eigenvalue weighted by molar-refractivity contribution is 0.431. The molecule has 1 aromatic heterocycles. The second-order valence-corrected chi connectivity index (χ2v) is 5.59. The zero-order valence-electron chi connectivity index (χ0n) is 10.7. The van der Waals surface area contributed by atoms with Gasteiger partial charge in [-0.2, -0.15) is 0 Å². The Morgan fingerprint density at radius 3 is 2.76 bits per heavy atom. The minimum atomic E-state index is 0.638. The van der Waals surface area contributed by atoms with Crippen LogP contribution in [0, 0.1) is 17.8 Å². The predicted molar refractivity (Wildman–Crippen MR) is 68.7 cm³/mol. The molecule has 3 rings (SSSR count). The predicted octanol–water partition coefficient (Wildman–Crippen LogP) is 2.37. The lowest BCUT2D eigenvalue weighted by atomic mass is 10.0. The molecule has 2 aliphatic rings. The zero-order chi connectivity index (χ0) is 11.7. The van der Waals surface area contributed by atoms with Crippen LogP contribution in [0.25, 0.3) is 0 Å². The summed E-state index contributed by atoms with van der Waals surface area (Å²) in [5.41, 5.74) is 0. The van der Waals surface area contributed by atoms with Crippen LogP contribution in [0.5, 0.6) is 0 Å². The molecule has 94 valence electrons. The Labute approximate surface area is 103 Å². The molecule has 3 nitrogen and oxygen atoms in total. The second-order valence-electron chi connectivity index (χ2n) is 5.59. The van der Waals surface area contributed by atoms with Crippen LogP contribution in [0.2, 0.25) is 0 Å². The van der Waals surface area contributed by atoms with Crippen LogP contribution in [-0.2, 0) is 6.42 Å². The van der Waals surface area contributed by atoms with Gasteiger partial charge in [-0.15, -0.1) is 0 Å². The average molecular weight is 233 g/mol. The van der Waals surface area contributed by atoms with E-state index < -0.39 is 0 Å². The summed E-state index contributed by atoms with van der Waals surface area (Å²) < 4.78 is 0. The maximum atomic E-state index is 4.37. The first-order valence-corrected chi connectivity index (χ1v) is 7.11. The molecule has 2 N–H and O–H groups in total. The van der Waals surface area contributed by atoms with E-state index in [2.05, 4.69) is 22.2 Å². The van der Waals surface area contributed by atoms with Gasteiger partial charge in [-0.3, -0.25) is 0 Å². The van der Waals surface area contributed by atoms with Crippen LogP contribution in [0.1, 0.15) is 38.4 Å². The molecule has 0 radical (unpaired) electrons. The van der Waals surface area contributed by atoms with Crippen molar-refractivity contribution in [2.24, 2.45) is 17.8 Å². The smallest absolute Gasteiger partial charge is 0.107 e. The third-order valence-corrected chi connectivity index (χ3v) is 4.62. The van der Waals surface area contributed by atoms with Crippen molar-refractivity contribution in [2.75, 3.05) is 6.54 Å². The molecule has 0 aliphatic heterocycles. The minimum absolute atomic E-state index is 0.638. The van der Waals surface area contributed by atoms with Gasteiger partial charge in [0, 0.05) is 24.9 Å². The monoisotopic (exact) mass is 233 g/mol. The Morgan fingerprint density at radius 1 is 1.41 bits per heavy atom. The fourth-order valence-electron chi connectivity index (χ4n) is 3.87. The van der Waals surface area contributed by atoms with Crippen molar-refractivity contribution in [1.29, 1.82) is 0 Å². The standard InChI is InChI=1S/C14H23N3/c1-2-15-12(9-13-16-7-8-17-13)14-10-5-3-4-6-11(10)14/h7-8,10-12,14-15H,2-6,9H2,1H3,(H,16,17).